The average molecular weight is 145 g/mol. The van der Waals surface area contributed by atoms with Crippen LogP contribution in [0, 0.1) is 0 Å². The lowest BCUT2D eigenvalue weighted by molar-refractivity contribution is -0.160. The van der Waals surface area contributed by atoms with Crippen LogP contribution in [-0.4, -0.2) is 18.2 Å². The van der Waals surface area contributed by atoms with Crippen molar-refractivity contribution in [1.82, 2.24) is 0 Å². The highest BCUT2D eigenvalue weighted by Gasteiger charge is 2.14. The van der Waals surface area contributed by atoms with Crippen molar-refractivity contribution in [3.05, 3.63) is 0 Å². The molecule has 3 nitrogen and oxygen atoms in total. The maximum absolute atomic E-state index is 10.6. The summed E-state index contributed by atoms with van der Waals surface area (Å²) in [4.78, 5) is 10.6. The average Bonchev–Trinajstić information content (AvgIpc) is 1.87. The van der Waals surface area contributed by atoms with Crippen LogP contribution in [0.25, 0.3) is 0 Å². The minimum absolute atomic E-state index is 0.135. The summed E-state index contributed by atoms with van der Waals surface area (Å²) in [5.74, 6) is -0.658. The number of rotatable bonds is 3. The molecule has 0 aromatic heterocycles. The summed E-state index contributed by atoms with van der Waals surface area (Å²) < 4.78 is 4.71. The van der Waals surface area contributed by atoms with Crippen LogP contribution in [0.1, 0.15) is 27.2 Å². The molecule has 0 heterocycles. The maximum atomic E-state index is 10.6. The van der Waals surface area contributed by atoms with Gasteiger partial charge >= 0.3 is 5.97 Å². The fraction of sp³-hybridized carbons (Fsp3) is 0.857. The van der Waals surface area contributed by atoms with Crippen molar-refractivity contribution in [3.63, 3.8) is 0 Å². The molecular weight excluding hydrogens is 132 g/mol. The van der Waals surface area contributed by atoms with Crippen LogP contribution in [0.2, 0.25) is 0 Å². The molecule has 59 valence electrons. The number of ether oxygens (including phenoxy) is 1. The van der Waals surface area contributed by atoms with Crippen molar-refractivity contribution in [2.75, 3.05) is 0 Å². The summed E-state index contributed by atoms with van der Waals surface area (Å²) in [6.45, 7) is 4.94. The van der Waals surface area contributed by atoms with E-state index in [4.69, 9.17) is 4.74 Å². The van der Waals surface area contributed by atoms with Gasteiger partial charge < -0.3 is 4.74 Å². The lowest BCUT2D eigenvalue weighted by Crippen LogP contribution is -2.22. The summed E-state index contributed by atoms with van der Waals surface area (Å²) in [5.41, 5.74) is 0. The van der Waals surface area contributed by atoms with E-state index in [1.54, 1.807) is 6.92 Å². The van der Waals surface area contributed by atoms with Gasteiger partial charge in [-0.3, -0.25) is 0 Å². The first-order chi connectivity index (χ1) is 4.57. The van der Waals surface area contributed by atoms with Crippen molar-refractivity contribution < 1.29 is 14.6 Å². The molecule has 0 aliphatic carbocycles. The summed E-state index contributed by atoms with van der Waals surface area (Å²) in [6.07, 6.45) is -0.642. The van der Waals surface area contributed by atoms with Gasteiger partial charge in [-0.25, -0.2) is 9.90 Å². The zero-order valence-corrected chi connectivity index (χ0v) is 6.59. The molecule has 1 radical (unpaired) electrons. The molecule has 0 N–H and O–H groups in total. The van der Waals surface area contributed by atoms with E-state index in [0.29, 0.717) is 0 Å². The molecular formula is C7H13O3. The van der Waals surface area contributed by atoms with Crippen LogP contribution in [0.4, 0.5) is 0 Å². The Morgan fingerprint density at radius 2 is 2.00 bits per heavy atom. The quantitative estimate of drug-likeness (QED) is 0.559. The van der Waals surface area contributed by atoms with Crippen LogP contribution < -0.4 is 0 Å². The Bertz CT molecular complexity index is 109. The third-order valence-corrected chi connectivity index (χ3v) is 1.22. The van der Waals surface area contributed by atoms with E-state index in [-0.39, 0.29) is 6.10 Å². The minimum Gasteiger partial charge on any atom is -0.461 e. The first-order valence-electron chi connectivity index (χ1n) is 3.44. The second kappa shape index (κ2) is 4.28. The number of esters is 1. The van der Waals surface area contributed by atoms with Gasteiger partial charge in [-0.1, -0.05) is 6.92 Å². The molecule has 2 unspecified atom stereocenters. The van der Waals surface area contributed by atoms with Crippen molar-refractivity contribution >= 4 is 5.97 Å². The van der Waals surface area contributed by atoms with Crippen molar-refractivity contribution in [1.29, 1.82) is 0 Å². The van der Waals surface area contributed by atoms with Crippen LogP contribution in [0.5, 0.6) is 0 Å². The third-order valence-electron chi connectivity index (χ3n) is 1.22. The van der Waals surface area contributed by atoms with E-state index < -0.39 is 12.1 Å². The highest BCUT2D eigenvalue weighted by Crippen LogP contribution is 1.98. The fourth-order valence-electron chi connectivity index (χ4n) is 0.377. The Hall–Kier alpha value is -0.570. The van der Waals surface area contributed by atoms with Gasteiger partial charge in [0.1, 0.15) is 0 Å². The monoisotopic (exact) mass is 145 g/mol. The van der Waals surface area contributed by atoms with Gasteiger partial charge in [-0.05, 0) is 20.3 Å². The second-order valence-electron chi connectivity index (χ2n) is 2.30. The molecule has 0 spiro atoms. The number of hydrogen-bond donors (Lipinski definition) is 0. The van der Waals surface area contributed by atoms with Crippen molar-refractivity contribution in [3.8, 4) is 0 Å². The molecule has 0 aliphatic rings. The fourth-order valence-corrected chi connectivity index (χ4v) is 0.377. The molecule has 0 aromatic rings. The Labute approximate surface area is 61.0 Å². The zero-order chi connectivity index (χ0) is 8.15. The molecule has 2 atom stereocenters. The van der Waals surface area contributed by atoms with E-state index in [0.717, 1.165) is 6.42 Å². The van der Waals surface area contributed by atoms with Crippen LogP contribution in [-0.2, 0) is 14.6 Å². The van der Waals surface area contributed by atoms with Gasteiger partial charge in [0.05, 0.1) is 6.10 Å². The molecule has 0 amide bonds. The molecule has 0 rings (SSSR count). The Morgan fingerprint density at radius 1 is 1.50 bits per heavy atom. The molecule has 0 saturated carbocycles. The van der Waals surface area contributed by atoms with Crippen molar-refractivity contribution in [2.24, 2.45) is 0 Å². The molecule has 10 heavy (non-hydrogen) atoms. The molecule has 0 bridgehead atoms. The van der Waals surface area contributed by atoms with Crippen LogP contribution >= 0.6 is 0 Å². The summed E-state index contributed by atoms with van der Waals surface area (Å²) in [7, 11) is 0. The van der Waals surface area contributed by atoms with Crippen molar-refractivity contribution in [2.45, 2.75) is 39.4 Å². The molecule has 0 fully saturated rings. The first kappa shape index (κ1) is 9.43. The summed E-state index contributed by atoms with van der Waals surface area (Å²) in [5, 5.41) is 10.4. The molecule has 0 aliphatic heterocycles. The maximum Gasteiger partial charge on any atom is 0.338 e. The highest BCUT2D eigenvalue weighted by atomic mass is 16.6. The number of carbonyl (C=O) groups is 1. The van der Waals surface area contributed by atoms with E-state index in [1.165, 1.54) is 6.92 Å². The predicted molar refractivity (Wildman–Crippen MR) is 36.0 cm³/mol. The highest BCUT2D eigenvalue weighted by molar-refractivity contribution is 5.73. The van der Waals surface area contributed by atoms with Crippen LogP contribution in [0.3, 0.4) is 0 Å². The zero-order valence-electron chi connectivity index (χ0n) is 6.59. The number of carbonyl (C=O) groups excluding carboxylic acids is 1. The summed E-state index contributed by atoms with van der Waals surface area (Å²) in [6, 6.07) is 0. The normalized spacial score (nSPS) is 16.0. The van der Waals surface area contributed by atoms with E-state index in [1.807, 2.05) is 6.92 Å². The van der Waals surface area contributed by atoms with Crippen LogP contribution in [0.15, 0.2) is 0 Å². The lowest BCUT2D eigenvalue weighted by atomic mass is 10.3. The smallest absolute Gasteiger partial charge is 0.338 e. The first-order valence-corrected chi connectivity index (χ1v) is 3.44. The molecule has 3 heteroatoms. The lowest BCUT2D eigenvalue weighted by Gasteiger charge is -2.10. The topological polar surface area (TPSA) is 46.2 Å². The van der Waals surface area contributed by atoms with Gasteiger partial charge in [-0.15, -0.1) is 0 Å². The Kier molecular flexibility index (Phi) is 4.03. The van der Waals surface area contributed by atoms with E-state index in [2.05, 4.69) is 0 Å². The van der Waals surface area contributed by atoms with Gasteiger partial charge in [0.15, 0.2) is 6.10 Å². The third kappa shape index (κ3) is 3.45. The van der Waals surface area contributed by atoms with E-state index >= 15 is 0 Å². The Morgan fingerprint density at radius 3 is 2.30 bits per heavy atom. The largest absolute Gasteiger partial charge is 0.461 e. The summed E-state index contributed by atoms with van der Waals surface area (Å²) >= 11 is 0. The van der Waals surface area contributed by atoms with Gasteiger partial charge in [0, 0.05) is 0 Å². The SMILES string of the molecule is CCC(C)OC(=O)C(C)[O]. The molecule has 0 saturated heterocycles. The number of hydrogen-bond acceptors (Lipinski definition) is 2. The van der Waals surface area contributed by atoms with Gasteiger partial charge in [0.2, 0.25) is 0 Å². The molecule has 0 aromatic carbocycles. The Balaban J connectivity index is 3.57. The van der Waals surface area contributed by atoms with E-state index in [9.17, 15) is 9.90 Å². The van der Waals surface area contributed by atoms with Gasteiger partial charge in [0.25, 0.3) is 0 Å². The predicted octanol–water partition coefficient (Wildman–Crippen LogP) is 1.15. The standard InChI is InChI=1S/C7H13O3/c1-4-5(2)10-7(9)6(3)8/h5-6H,4H2,1-3H3. The second-order valence-corrected chi connectivity index (χ2v) is 2.30. The van der Waals surface area contributed by atoms with Gasteiger partial charge in [-0.2, -0.15) is 0 Å². The minimum atomic E-state index is -1.26.